The Labute approximate surface area is 109 Å². The average molecular weight is 242 g/mol. The molecule has 1 aromatic carbocycles. The number of aryl methyl sites for hydroxylation is 1. The molecular weight excluding hydrogens is 220 g/mol. The zero-order valence-corrected chi connectivity index (χ0v) is 11.7. The molecule has 2 rings (SSSR count). The van der Waals surface area contributed by atoms with Gasteiger partial charge in [0.1, 0.15) is 5.82 Å². The van der Waals surface area contributed by atoms with E-state index < -0.39 is 0 Å². The van der Waals surface area contributed by atoms with E-state index in [1.807, 2.05) is 0 Å². The van der Waals surface area contributed by atoms with E-state index in [0.717, 1.165) is 24.3 Å². The molecule has 1 heterocycles. The molecule has 0 atom stereocenters. The zero-order valence-electron chi connectivity index (χ0n) is 11.7. The van der Waals surface area contributed by atoms with Crippen molar-refractivity contribution in [1.29, 1.82) is 0 Å². The van der Waals surface area contributed by atoms with Crippen LogP contribution in [0.3, 0.4) is 0 Å². The third kappa shape index (κ3) is 2.63. The largest absolute Gasteiger partial charge is 0.370 e. The topological polar surface area (TPSA) is 24.9 Å². The van der Waals surface area contributed by atoms with E-state index >= 15 is 0 Å². The summed E-state index contributed by atoms with van der Waals surface area (Å²) in [6, 6.07) is 8.79. The van der Waals surface area contributed by atoms with Crippen LogP contribution in [0, 0.1) is 6.92 Å². The molecule has 0 spiro atoms. The molecule has 0 aliphatic rings. The molecule has 1 aromatic heterocycles. The van der Waals surface area contributed by atoms with E-state index in [1.54, 1.807) is 0 Å². The molecule has 0 bridgehead atoms. The third-order valence-electron chi connectivity index (χ3n) is 3.24. The third-order valence-corrected chi connectivity index (χ3v) is 3.24. The number of nitrogens with one attached hydrogen (secondary N) is 1. The van der Waals surface area contributed by atoms with Gasteiger partial charge in [0.25, 0.3) is 0 Å². The average Bonchev–Trinajstić information content (AvgIpc) is 2.35. The maximum Gasteiger partial charge on any atom is 0.129 e. The van der Waals surface area contributed by atoms with Crippen molar-refractivity contribution in [3.8, 4) is 0 Å². The summed E-state index contributed by atoms with van der Waals surface area (Å²) < 4.78 is 0. The SMILES string of the molecule is CCCNc1nc2ccc(C(C)C)cc2cc1C. The Hall–Kier alpha value is -1.57. The van der Waals surface area contributed by atoms with Crippen molar-refractivity contribution in [3.05, 3.63) is 35.4 Å². The van der Waals surface area contributed by atoms with Crippen molar-refractivity contribution in [1.82, 2.24) is 4.98 Å². The lowest BCUT2D eigenvalue weighted by molar-refractivity contribution is 0.868. The van der Waals surface area contributed by atoms with Gasteiger partial charge in [0.05, 0.1) is 5.52 Å². The van der Waals surface area contributed by atoms with Crippen molar-refractivity contribution < 1.29 is 0 Å². The molecule has 0 saturated heterocycles. The van der Waals surface area contributed by atoms with Crippen molar-refractivity contribution in [2.75, 3.05) is 11.9 Å². The van der Waals surface area contributed by atoms with Gasteiger partial charge in [-0.05, 0) is 48.6 Å². The van der Waals surface area contributed by atoms with Gasteiger partial charge in [0.15, 0.2) is 0 Å². The van der Waals surface area contributed by atoms with Gasteiger partial charge in [0.2, 0.25) is 0 Å². The highest BCUT2D eigenvalue weighted by Gasteiger charge is 2.05. The standard InChI is InChI=1S/C16H22N2/c1-5-8-17-16-12(4)9-14-10-13(11(2)3)6-7-15(14)18-16/h6-7,9-11H,5,8H2,1-4H3,(H,17,18). The van der Waals surface area contributed by atoms with E-state index in [-0.39, 0.29) is 0 Å². The molecule has 0 fully saturated rings. The fourth-order valence-electron chi connectivity index (χ4n) is 2.08. The summed E-state index contributed by atoms with van der Waals surface area (Å²) in [5.41, 5.74) is 3.67. The lowest BCUT2D eigenvalue weighted by atomic mass is 10.0. The molecule has 2 aromatic rings. The van der Waals surface area contributed by atoms with Gasteiger partial charge in [-0.1, -0.05) is 26.8 Å². The molecule has 96 valence electrons. The van der Waals surface area contributed by atoms with Gasteiger partial charge >= 0.3 is 0 Å². The van der Waals surface area contributed by atoms with E-state index in [4.69, 9.17) is 4.98 Å². The fraction of sp³-hybridized carbons (Fsp3) is 0.438. The van der Waals surface area contributed by atoms with Gasteiger partial charge in [-0.25, -0.2) is 4.98 Å². The van der Waals surface area contributed by atoms with Crippen LogP contribution in [0.2, 0.25) is 0 Å². The fourth-order valence-corrected chi connectivity index (χ4v) is 2.08. The van der Waals surface area contributed by atoms with Crippen molar-refractivity contribution in [2.24, 2.45) is 0 Å². The summed E-state index contributed by atoms with van der Waals surface area (Å²) in [7, 11) is 0. The van der Waals surface area contributed by atoms with Gasteiger partial charge in [-0.3, -0.25) is 0 Å². The summed E-state index contributed by atoms with van der Waals surface area (Å²) in [5.74, 6) is 1.58. The first-order chi connectivity index (χ1) is 8.61. The second-order valence-electron chi connectivity index (χ2n) is 5.19. The molecule has 0 amide bonds. The molecule has 1 N–H and O–H groups in total. The minimum atomic E-state index is 0.563. The highest BCUT2D eigenvalue weighted by atomic mass is 15.0. The normalized spacial score (nSPS) is 11.2. The van der Waals surface area contributed by atoms with Crippen LogP contribution in [-0.4, -0.2) is 11.5 Å². The number of nitrogens with zero attached hydrogens (tertiary/aromatic N) is 1. The Bertz CT molecular complexity index is 544. The summed E-state index contributed by atoms with van der Waals surface area (Å²) in [6.07, 6.45) is 1.12. The molecule has 0 radical (unpaired) electrons. The zero-order chi connectivity index (χ0) is 13.1. The number of pyridine rings is 1. The molecule has 0 saturated carbocycles. The van der Waals surface area contributed by atoms with Crippen LogP contribution < -0.4 is 5.32 Å². The van der Waals surface area contributed by atoms with E-state index in [2.05, 4.69) is 57.3 Å². The maximum absolute atomic E-state index is 4.70. The van der Waals surface area contributed by atoms with Gasteiger partial charge in [-0.15, -0.1) is 0 Å². The highest BCUT2D eigenvalue weighted by Crippen LogP contribution is 2.24. The highest BCUT2D eigenvalue weighted by molar-refractivity contribution is 5.82. The van der Waals surface area contributed by atoms with Crippen LogP contribution >= 0.6 is 0 Å². The van der Waals surface area contributed by atoms with Gasteiger partial charge in [-0.2, -0.15) is 0 Å². The van der Waals surface area contributed by atoms with E-state index in [0.29, 0.717) is 5.92 Å². The molecule has 18 heavy (non-hydrogen) atoms. The molecule has 2 nitrogen and oxygen atoms in total. The van der Waals surface area contributed by atoms with Gasteiger partial charge < -0.3 is 5.32 Å². The quantitative estimate of drug-likeness (QED) is 0.854. The second-order valence-corrected chi connectivity index (χ2v) is 5.19. The minimum absolute atomic E-state index is 0.563. The predicted octanol–water partition coefficient (Wildman–Crippen LogP) is 4.49. The number of anilines is 1. The molecule has 0 unspecified atom stereocenters. The Kier molecular flexibility index (Phi) is 3.85. The van der Waals surface area contributed by atoms with Crippen molar-refractivity contribution in [3.63, 3.8) is 0 Å². The monoisotopic (exact) mass is 242 g/mol. The van der Waals surface area contributed by atoms with Crippen LogP contribution in [0.5, 0.6) is 0 Å². The van der Waals surface area contributed by atoms with Crippen LogP contribution in [0.15, 0.2) is 24.3 Å². The summed E-state index contributed by atoms with van der Waals surface area (Å²) in [4.78, 5) is 4.70. The van der Waals surface area contributed by atoms with Crippen LogP contribution in [0.4, 0.5) is 5.82 Å². The van der Waals surface area contributed by atoms with Crippen LogP contribution in [-0.2, 0) is 0 Å². The Morgan fingerprint density at radius 1 is 1.22 bits per heavy atom. The first kappa shape index (κ1) is 12.9. The Morgan fingerprint density at radius 3 is 2.67 bits per heavy atom. The van der Waals surface area contributed by atoms with Crippen molar-refractivity contribution >= 4 is 16.7 Å². The van der Waals surface area contributed by atoms with Crippen molar-refractivity contribution in [2.45, 2.75) is 40.0 Å². The minimum Gasteiger partial charge on any atom is -0.370 e. The predicted molar refractivity (Wildman–Crippen MR) is 79.3 cm³/mol. The van der Waals surface area contributed by atoms with Crippen LogP contribution in [0.1, 0.15) is 44.2 Å². The Morgan fingerprint density at radius 2 is 2.00 bits per heavy atom. The molecular formula is C16H22N2. The molecule has 0 aliphatic carbocycles. The lowest BCUT2D eigenvalue weighted by Gasteiger charge is -2.11. The molecule has 0 aliphatic heterocycles. The summed E-state index contributed by atoms with van der Waals surface area (Å²) >= 11 is 0. The number of benzene rings is 1. The first-order valence-electron chi connectivity index (χ1n) is 6.77. The lowest BCUT2D eigenvalue weighted by Crippen LogP contribution is -2.04. The summed E-state index contributed by atoms with van der Waals surface area (Å²) in [5, 5.41) is 4.62. The number of fused-ring (bicyclic) bond motifs is 1. The smallest absolute Gasteiger partial charge is 0.129 e. The van der Waals surface area contributed by atoms with E-state index in [9.17, 15) is 0 Å². The van der Waals surface area contributed by atoms with E-state index in [1.165, 1.54) is 16.5 Å². The number of aromatic nitrogens is 1. The number of rotatable bonds is 4. The number of hydrogen-bond acceptors (Lipinski definition) is 2. The molecule has 2 heteroatoms. The number of hydrogen-bond donors (Lipinski definition) is 1. The second kappa shape index (κ2) is 5.38. The Balaban J connectivity index is 2.43. The first-order valence-corrected chi connectivity index (χ1v) is 6.77. The maximum atomic E-state index is 4.70. The van der Waals surface area contributed by atoms with Crippen LogP contribution in [0.25, 0.3) is 10.9 Å². The summed E-state index contributed by atoms with van der Waals surface area (Å²) in [6.45, 7) is 9.70. The van der Waals surface area contributed by atoms with Gasteiger partial charge in [0, 0.05) is 11.9 Å².